The van der Waals surface area contributed by atoms with Gasteiger partial charge in [0.1, 0.15) is 5.75 Å². The SMILES string of the molecule is CN(C)C(=O)c1ccc(Oc2nc(-c3cnc(N)s3)nc(N3CCCOCC3)n2)cc1. The molecule has 1 fully saturated rings. The van der Waals surface area contributed by atoms with Crippen LogP contribution in [0.25, 0.3) is 10.7 Å². The van der Waals surface area contributed by atoms with E-state index in [2.05, 4.69) is 19.9 Å². The third kappa shape index (κ3) is 5.06. The van der Waals surface area contributed by atoms with Gasteiger partial charge >= 0.3 is 6.01 Å². The monoisotopic (exact) mass is 441 g/mol. The Kier molecular flexibility index (Phi) is 6.23. The van der Waals surface area contributed by atoms with E-state index >= 15 is 0 Å². The van der Waals surface area contributed by atoms with Crippen LogP contribution >= 0.6 is 11.3 Å². The summed E-state index contributed by atoms with van der Waals surface area (Å²) in [7, 11) is 3.42. The molecule has 0 spiro atoms. The van der Waals surface area contributed by atoms with E-state index in [4.69, 9.17) is 15.2 Å². The molecule has 1 amide bonds. The Labute approximate surface area is 183 Å². The first-order valence-corrected chi connectivity index (χ1v) is 10.6. The van der Waals surface area contributed by atoms with Gasteiger partial charge in [-0.2, -0.15) is 15.0 Å². The normalized spacial score (nSPS) is 14.2. The van der Waals surface area contributed by atoms with Crippen LogP contribution < -0.4 is 15.4 Å². The molecule has 3 aromatic rings. The van der Waals surface area contributed by atoms with Crippen LogP contribution in [-0.4, -0.2) is 71.1 Å². The van der Waals surface area contributed by atoms with Gasteiger partial charge in [0.2, 0.25) is 5.95 Å². The fourth-order valence-corrected chi connectivity index (χ4v) is 3.63. The topological polar surface area (TPSA) is 120 Å². The maximum Gasteiger partial charge on any atom is 0.327 e. The molecule has 0 saturated carbocycles. The van der Waals surface area contributed by atoms with E-state index in [1.165, 1.54) is 16.2 Å². The summed E-state index contributed by atoms with van der Waals surface area (Å²) in [5, 5.41) is 0.434. The first-order valence-electron chi connectivity index (χ1n) is 9.79. The van der Waals surface area contributed by atoms with Gasteiger partial charge in [0, 0.05) is 39.4 Å². The smallest absolute Gasteiger partial charge is 0.327 e. The highest BCUT2D eigenvalue weighted by Crippen LogP contribution is 2.28. The van der Waals surface area contributed by atoms with Crippen molar-refractivity contribution in [3.8, 4) is 22.5 Å². The summed E-state index contributed by atoms with van der Waals surface area (Å²) in [5.41, 5.74) is 6.35. The van der Waals surface area contributed by atoms with Gasteiger partial charge in [-0.15, -0.1) is 0 Å². The van der Waals surface area contributed by atoms with Crippen molar-refractivity contribution in [1.82, 2.24) is 24.8 Å². The summed E-state index contributed by atoms with van der Waals surface area (Å²) < 4.78 is 11.5. The summed E-state index contributed by atoms with van der Waals surface area (Å²) in [6.07, 6.45) is 2.52. The predicted molar refractivity (Wildman–Crippen MR) is 118 cm³/mol. The molecule has 11 heteroatoms. The molecule has 1 aromatic carbocycles. The van der Waals surface area contributed by atoms with Gasteiger partial charge in [-0.25, -0.2) is 4.98 Å². The Balaban J connectivity index is 1.64. The number of nitrogen functional groups attached to an aromatic ring is 1. The van der Waals surface area contributed by atoms with Crippen LogP contribution in [0.15, 0.2) is 30.5 Å². The third-order valence-corrected chi connectivity index (χ3v) is 5.39. The van der Waals surface area contributed by atoms with E-state index in [9.17, 15) is 4.79 Å². The van der Waals surface area contributed by atoms with Crippen molar-refractivity contribution in [3.63, 3.8) is 0 Å². The molecular weight excluding hydrogens is 418 g/mol. The van der Waals surface area contributed by atoms with Crippen molar-refractivity contribution in [1.29, 1.82) is 0 Å². The molecule has 0 radical (unpaired) electrons. The molecule has 3 heterocycles. The first kappa shape index (κ1) is 20.9. The minimum absolute atomic E-state index is 0.0811. The fraction of sp³-hybridized carbons (Fsp3) is 0.350. The first-order chi connectivity index (χ1) is 15.0. The largest absolute Gasteiger partial charge is 0.424 e. The number of hydrogen-bond acceptors (Lipinski definition) is 10. The second kappa shape index (κ2) is 9.23. The maximum atomic E-state index is 12.1. The summed E-state index contributed by atoms with van der Waals surface area (Å²) >= 11 is 1.30. The summed E-state index contributed by atoms with van der Waals surface area (Å²) in [6, 6.07) is 6.99. The second-order valence-electron chi connectivity index (χ2n) is 7.08. The number of amides is 1. The highest BCUT2D eigenvalue weighted by molar-refractivity contribution is 7.18. The van der Waals surface area contributed by atoms with Gasteiger partial charge in [0.25, 0.3) is 5.91 Å². The van der Waals surface area contributed by atoms with Crippen LogP contribution in [0, 0.1) is 0 Å². The average molecular weight is 442 g/mol. The zero-order chi connectivity index (χ0) is 21.8. The van der Waals surface area contributed by atoms with Crippen LogP contribution in [0.1, 0.15) is 16.8 Å². The summed E-state index contributed by atoms with van der Waals surface area (Å²) in [4.78, 5) is 34.1. The molecule has 2 aromatic heterocycles. The highest BCUT2D eigenvalue weighted by Gasteiger charge is 2.19. The quantitative estimate of drug-likeness (QED) is 0.636. The number of carbonyl (C=O) groups excluding carboxylic acids is 1. The maximum absolute atomic E-state index is 12.1. The lowest BCUT2D eigenvalue weighted by Crippen LogP contribution is -2.28. The number of nitrogens with two attached hydrogens (primary N) is 1. The molecule has 0 aliphatic carbocycles. The molecule has 1 aliphatic rings. The minimum Gasteiger partial charge on any atom is -0.424 e. The molecule has 162 valence electrons. The molecule has 4 rings (SSSR count). The van der Waals surface area contributed by atoms with Crippen molar-refractivity contribution in [2.45, 2.75) is 6.42 Å². The number of thiazole rings is 1. The molecule has 1 saturated heterocycles. The molecule has 2 N–H and O–H groups in total. The molecule has 1 aliphatic heterocycles. The number of anilines is 2. The van der Waals surface area contributed by atoms with Crippen molar-refractivity contribution < 1.29 is 14.3 Å². The highest BCUT2D eigenvalue weighted by atomic mass is 32.1. The van der Waals surface area contributed by atoms with E-state index in [1.54, 1.807) is 44.6 Å². The number of aromatic nitrogens is 4. The average Bonchev–Trinajstić information content (AvgIpc) is 3.03. The van der Waals surface area contributed by atoms with Crippen molar-refractivity contribution in [3.05, 3.63) is 36.0 Å². The number of carbonyl (C=O) groups is 1. The van der Waals surface area contributed by atoms with Crippen LogP contribution in [0.2, 0.25) is 0 Å². The van der Waals surface area contributed by atoms with Crippen molar-refractivity contribution in [2.75, 3.05) is 51.0 Å². The fourth-order valence-electron chi connectivity index (χ4n) is 3.01. The third-order valence-electron chi connectivity index (χ3n) is 4.57. The van der Waals surface area contributed by atoms with Crippen molar-refractivity contribution >= 4 is 28.3 Å². The second-order valence-corrected chi connectivity index (χ2v) is 8.15. The van der Waals surface area contributed by atoms with Crippen LogP contribution in [-0.2, 0) is 4.74 Å². The van der Waals surface area contributed by atoms with E-state index in [-0.39, 0.29) is 11.9 Å². The van der Waals surface area contributed by atoms with Gasteiger partial charge in [-0.05, 0) is 30.7 Å². The van der Waals surface area contributed by atoms with Crippen LogP contribution in [0.4, 0.5) is 11.1 Å². The van der Waals surface area contributed by atoms with E-state index in [1.807, 2.05) is 4.90 Å². The number of benzene rings is 1. The van der Waals surface area contributed by atoms with Crippen LogP contribution in [0.5, 0.6) is 11.8 Å². The molecule has 10 nitrogen and oxygen atoms in total. The van der Waals surface area contributed by atoms with Gasteiger partial charge in [-0.1, -0.05) is 11.3 Å². The Hall–Kier alpha value is -3.31. The molecule has 31 heavy (non-hydrogen) atoms. The van der Waals surface area contributed by atoms with E-state index in [0.29, 0.717) is 48.0 Å². The lowest BCUT2D eigenvalue weighted by atomic mass is 10.2. The van der Waals surface area contributed by atoms with Gasteiger partial charge < -0.3 is 25.0 Å². The predicted octanol–water partition coefficient (Wildman–Crippen LogP) is 2.30. The van der Waals surface area contributed by atoms with Gasteiger partial charge in [0.15, 0.2) is 11.0 Å². The Morgan fingerprint density at radius 2 is 1.97 bits per heavy atom. The molecule has 0 atom stereocenters. The molecular formula is C20H23N7O3S. The Bertz CT molecular complexity index is 1050. The number of nitrogens with zero attached hydrogens (tertiary/aromatic N) is 6. The number of hydrogen-bond donors (Lipinski definition) is 1. The number of rotatable bonds is 5. The zero-order valence-electron chi connectivity index (χ0n) is 17.3. The standard InChI is InChI=1S/C20H23N7O3S/c1-26(2)17(28)13-4-6-14(7-5-13)30-20-24-16(15-12-22-18(21)31-15)23-19(25-20)27-8-3-10-29-11-9-27/h4-7,12H,3,8-11H2,1-2H3,(H2,21,22). The Morgan fingerprint density at radius 3 is 2.68 bits per heavy atom. The van der Waals surface area contributed by atoms with Crippen molar-refractivity contribution in [2.24, 2.45) is 0 Å². The number of ether oxygens (including phenoxy) is 2. The summed E-state index contributed by atoms with van der Waals surface area (Å²) in [6.45, 7) is 2.76. The lowest BCUT2D eigenvalue weighted by molar-refractivity contribution is 0.0827. The molecule has 0 unspecified atom stereocenters. The van der Waals surface area contributed by atoms with Crippen LogP contribution in [0.3, 0.4) is 0 Å². The lowest BCUT2D eigenvalue weighted by Gasteiger charge is -2.20. The Morgan fingerprint density at radius 1 is 1.16 bits per heavy atom. The molecule has 0 bridgehead atoms. The minimum atomic E-state index is -0.0811. The zero-order valence-corrected chi connectivity index (χ0v) is 18.1. The van der Waals surface area contributed by atoms with E-state index < -0.39 is 0 Å². The van der Waals surface area contributed by atoms with E-state index in [0.717, 1.165) is 17.8 Å². The van der Waals surface area contributed by atoms with Gasteiger partial charge in [-0.3, -0.25) is 4.79 Å². The summed E-state index contributed by atoms with van der Waals surface area (Å²) in [5.74, 6) is 1.39. The van der Waals surface area contributed by atoms with Gasteiger partial charge in [0.05, 0.1) is 17.7 Å².